The summed E-state index contributed by atoms with van der Waals surface area (Å²) in [5, 5.41) is 3.26. The van der Waals surface area contributed by atoms with Gasteiger partial charge in [-0.25, -0.2) is 9.97 Å². The molecule has 0 aliphatic rings. The summed E-state index contributed by atoms with van der Waals surface area (Å²) in [6.07, 6.45) is 2.83. The zero-order valence-corrected chi connectivity index (χ0v) is 13.2. The molecule has 1 unspecified atom stereocenters. The van der Waals surface area contributed by atoms with E-state index < -0.39 is 0 Å². The largest absolute Gasteiger partial charge is 0.373 e. The number of anilines is 1. The van der Waals surface area contributed by atoms with Gasteiger partial charge in [-0.3, -0.25) is 0 Å². The Morgan fingerprint density at radius 1 is 1.28 bits per heavy atom. The molecule has 0 aliphatic heterocycles. The minimum Gasteiger partial charge on any atom is -0.373 e. The van der Waals surface area contributed by atoms with Crippen molar-refractivity contribution in [1.82, 2.24) is 9.97 Å². The van der Waals surface area contributed by atoms with Crippen LogP contribution in [0.15, 0.2) is 4.47 Å². The molecule has 1 heterocycles. The Balaban J connectivity index is 3.18. The summed E-state index contributed by atoms with van der Waals surface area (Å²) in [5.74, 6) is 1.63. The number of ether oxygens (including phenoxy) is 1. The number of aryl methyl sites for hydroxylation is 1. The van der Waals surface area contributed by atoms with Crippen LogP contribution in [0.5, 0.6) is 0 Å². The first-order valence-corrected chi connectivity index (χ1v) is 7.30. The molecule has 0 fully saturated rings. The molecule has 1 aromatic heterocycles. The number of hydrogen-bond acceptors (Lipinski definition) is 4. The van der Waals surface area contributed by atoms with Crippen molar-refractivity contribution in [3.05, 3.63) is 16.0 Å². The first-order chi connectivity index (χ1) is 8.67. The second-order valence-electron chi connectivity index (χ2n) is 4.10. The zero-order chi connectivity index (χ0) is 13.5. The van der Waals surface area contributed by atoms with Crippen LogP contribution in [0.4, 0.5) is 5.82 Å². The Hall–Kier alpha value is -0.680. The maximum Gasteiger partial charge on any atom is 0.159 e. The van der Waals surface area contributed by atoms with Crippen LogP contribution in [-0.2, 0) is 11.2 Å². The molecule has 1 rings (SSSR count). The molecule has 1 atom stereocenters. The summed E-state index contributed by atoms with van der Waals surface area (Å²) in [7, 11) is 1.70. The highest BCUT2D eigenvalue weighted by molar-refractivity contribution is 9.10. The van der Waals surface area contributed by atoms with Gasteiger partial charge in [0.1, 0.15) is 11.9 Å². The summed E-state index contributed by atoms with van der Waals surface area (Å²) in [6.45, 7) is 7.12. The SMILES string of the molecule is CCCc1nc(C(CC)OC)nc(NCC)c1Br. The van der Waals surface area contributed by atoms with Crippen molar-refractivity contribution in [2.45, 2.75) is 46.1 Å². The lowest BCUT2D eigenvalue weighted by atomic mass is 10.2. The highest BCUT2D eigenvalue weighted by Gasteiger charge is 2.17. The highest BCUT2D eigenvalue weighted by atomic mass is 79.9. The van der Waals surface area contributed by atoms with Crippen molar-refractivity contribution in [2.24, 2.45) is 0 Å². The van der Waals surface area contributed by atoms with Gasteiger partial charge in [0.2, 0.25) is 0 Å². The molecule has 1 N–H and O–H groups in total. The second kappa shape index (κ2) is 7.69. The maximum atomic E-state index is 5.42. The Labute approximate surface area is 118 Å². The van der Waals surface area contributed by atoms with E-state index in [4.69, 9.17) is 4.74 Å². The summed E-state index contributed by atoms with van der Waals surface area (Å²) in [6, 6.07) is 0. The summed E-state index contributed by atoms with van der Waals surface area (Å²) in [4.78, 5) is 9.18. The molecule has 1 aromatic rings. The third-order valence-corrected chi connectivity index (χ3v) is 3.54. The van der Waals surface area contributed by atoms with Crippen molar-refractivity contribution in [3.63, 3.8) is 0 Å². The van der Waals surface area contributed by atoms with Crippen LogP contribution < -0.4 is 5.32 Å². The third-order valence-electron chi connectivity index (χ3n) is 2.71. The summed E-state index contributed by atoms with van der Waals surface area (Å²) >= 11 is 3.58. The van der Waals surface area contributed by atoms with Crippen LogP contribution in [0.3, 0.4) is 0 Å². The Morgan fingerprint density at radius 3 is 2.50 bits per heavy atom. The molecule has 0 aromatic carbocycles. The first-order valence-electron chi connectivity index (χ1n) is 6.50. The number of hydrogen-bond donors (Lipinski definition) is 1. The zero-order valence-electron chi connectivity index (χ0n) is 11.6. The lowest BCUT2D eigenvalue weighted by Gasteiger charge is -2.16. The normalized spacial score (nSPS) is 12.5. The third kappa shape index (κ3) is 3.65. The van der Waals surface area contributed by atoms with E-state index in [1.54, 1.807) is 7.11 Å². The standard InChI is InChI=1S/C13H22BrN3O/c1-5-8-9-11(14)13(15-7-3)17-12(16-9)10(6-2)18-4/h10H,5-8H2,1-4H3,(H,15,16,17). The molecule has 5 heteroatoms. The molecule has 4 nitrogen and oxygen atoms in total. The maximum absolute atomic E-state index is 5.42. The predicted molar refractivity (Wildman–Crippen MR) is 77.9 cm³/mol. The van der Waals surface area contributed by atoms with E-state index in [-0.39, 0.29) is 6.10 Å². The molecule has 0 amide bonds. The van der Waals surface area contributed by atoms with Gasteiger partial charge in [-0.2, -0.15) is 0 Å². The predicted octanol–water partition coefficient (Wildman–Crippen LogP) is 3.72. The fourth-order valence-electron chi connectivity index (χ4n) is 1.80. The summed E-state index contributed by atoms with van der Waals surface area (Å²) < 4.78 is 6.40. The van der Waals surface area contributed by atoms with Crippen LogP contribution in [-0.4, -0.2) is 23.6 Å². The van der Waals surface area contributed by atoms with Gasteiger partial charge in [-0.15, -0.1) is 0 Å². The van der Waals surface area contributed by atoms with E-state index in [1.165, 1.54) is 0 Å². The lowest BCUT2D eigenvalue weighted by Crippen LogP contribution is -2.12. The molecule has 0 aliphatic carbocycles. The quantitative estimate of drug-likeness (QED) is 0.833. The van der Waals surface area contributed by atoms with Crippen molar-refractivity contribution < 1.29 is 4.74 Å². The molecular weight excluding hydrogens is 294 g/mol. The fourth-order valence-corrected chi connectivity index (χ4v) is 2.31. The molecule has 0 bridgehead atoms. The van der Waals surface area contributed by atoms with E-state index >= 15 is 0 Å². The van der Waals surface area contributed by atoms with Gasteiger partial charge < -0.3 is 10.1 Å². The number of methoxy groups -OCH3 is 1. The minimum atomic E-state index is -0.0360. The average molecular weight is 316 g/mol. The fraction of sp³-hybridized carbons (Fsp3) is 0.692. The van der Waals surface area contributed by atoms with Crippen LogP contribution in [0.25, 0.3) is 0 Å². The monoisotopic (exact) mass is 315 g/mol. The van der Waals surface area contributed by atoms with Gasteiger partial charge in [0, 0.05) is 13.7 Å². The lowest BCUT2D eigenvalue weighted by molar-refractivity contribution is 0.0924. The van der Waals surface area contributed by atoms with Gasteiger partial charge in [0.15, 0.2) is 5.82 Å². The highest BCUT2D eigenvalue weighted by Crippen LogP contribution is 2.27. The van der Waals surface area contributed by atoms with Gasteiger partial charge >= 0.3 is 0 Å². The van der Waals surface area contributed by atoms with Crippen LogP contribution >= 0.6 is 15.9 Å². The van der Waals surface area contributed by atoms with Crippen LogP contribution in [0.1, 0.15) is 51.2 Å². The van der Waals surface area contributed by atoms with E-state index in [0.29, 0.717) is 0 Å². The second-order valence-corrected chi connectivity index (χ2v) is 4.90. The molecular formula is C13H22BrN3O. The number of rotatable bonds is 7. The molecule has 0 saturated heterocycles. The topological polar surface area (TPSA) is 47.0 Å². The molecule has 18 heavy (non-hydrogen) atoms. The van der Waals surface area contributed by atoms with Crippen molar-refractivity contribution in [3.8, 4) is 0 Å². The van der Waals surface area contributed by atoms with E-state index in [1.807, 2.05) is 0 Å². The number of nitrogens with one attached hydrogen (secondary N) is 1. The smallest absolute Gasteiger partial charge is 0.159 e. The van der Waals surface area contributed by atoms with Gasteiger partial charge in [-0.1, -0.05) is 20.3 Å². The summed E-state index contributed by atoms with van der Waals surface area (Å²) in [5.41, 5.74) is 1.05. The first kappa shape index (κ1) is 15.4. The van der Waals surface area contributed by atoms with Crippen LogP contribution in [0, 0.1) is 0 Å². The number of halogens is 1. The Bertz CT molecular complexity index is 353. The molecule has 0 spiro atoms. The van der Waals surface area contributed by atoms with Crippen molar-refractivity contribution in [1.29, 1.82) is 0 Å². The van der Waals surface area contributed by atoms with E-state index in [2.05, 4.69) is 52.0 Å². The van der Waals surface area contributed by atoms with Gasteiger partial charge in [0.05, 0.1) is 10.2 Å². The van der Waals surface area contributed by atoms with E-state index in [9.17, 15) is 0 Å². The van der Waals surface area contributed by atoms with Crippen molar-refractivity contribution in [2.75, 3.05) is 19.0 Å². The van der Waals surface area contributed by atoms with E-state index in [0.717, 1.165) is 47.6 Å². The molecule has 0 radical (unpaired) electrons. The minimum absolute atomic E-state index is 0.0360. The Morgan fingerprint density at radius 2 is 2.00 bits per heavy atom. The number of nitrogens with zero attached hydrogens (tertiary/aromatic N) is 2. The van der Waals surface area contributed by atoms with Crippen LogP contribution in [0.2, 0.25) is 0 Å². The van der Waals surface area contributed by atoms with Gasteiger partial charge in [-0.05, 0) is 35.7 Å². The Kier molecular flexibility index (Phi) is 6.57. The molecule has 102 valence electrons. The number of aromatic nitrogens is 2. The average Bonchev–Trinajstić information content (AvgIpc) is 2.36. The van der Waals surface area contributed by atoms with Gasteiger partial charge in [0.25, 0.3) is 0 Å². The molecule has 0 saturated carbocycles. The van der Waals surface area contributed by atoms with Crippen molar-refractivity contribution >= 4 is 21.7 Å².